The molecule has 1 heterocycles. The number of aliphatic imine (C=N–C) groups is 1. The van der Waals surface area contributed by atoms with Crippen molar-refractivity contribution >= 4 is 41.5 Å². The van der Waals surface area contributed by atoms with Crippen molar-refractivity contribution in [1.29, 1.82) is 0 Å². The molecule has 1 aromatic heterocycles. The van der Waals surface area contributed by atoms with E-state index in [2.05, 4.69) is 20.4 Å². The van der Waals surface area contributed by atoms with E-state index in [1.165, 1.54) is 19.3 Å². The normalized spacial score (nSPS) is 14.9. The first-order valence-corrected chi connectivity index (χ1v) is 7.71. The van der Waals surface area contributed by atoms with Gasteiger partial charge in [0.05, 0.1) is 0 Å². The summed E-state index contributed by atoms with van der Waals surface area (Å²) in [6.07, 6.45) is 3.86. The Kier molecular flexibility index (Phi) is 6.64. The van der Waals surface area contributed by atoms with Crippen LogP contribution in [-0.4, -0.2) is 22.6 Å². The monoisotopic (exact) mass is 447 g/mol. The second-order valence-electron chi connectivity index (χ2n) is 5.40. The summed E-state index contributed by atoms with van der Waals surface area (Å²) in [6.45, 7) is 1.14. The van der Waals surface area contributed by atoms with Gasteiger partial charge in [-0.1, -0.05) is 35.3 Å². The fourth-order valence-electron chi connectivity index (χ4n) is 2.22. The molecule has 2 aromatic rings. The highest BCUT2D eigenvalue weighted by Crippen LogP contribution is 2.25. The third kappa shape index (κ3) is 5.07. The molecule has 3 rings (SSSR count). The maximum absolute atomic E-state index is 5.95. The van der Waals surface area contributed by atoms with Crippen molar-refractivity contribution in [2.75, 3.05) is 6.54 Å². The molecule has 23 heavy (non-hydrogen) atoms. The molecule has 0 unspecified atom stereocenters. The number of benzene rings is 1. The molecule has 0 spiro atoms. The predicted molar refractivity (Wildman–Crippen MR) is 101 cm³/mol. The lowest BCUT2D eigenvalue weighted by atomic mass is 9.85. The Balaban J connectivity index is 0.00000192. The highest BCUT2D eigenvalue weighted by Gasteiger charge is 2.16. The number of halogens is 2. The summed E-state index contributed by atoms with van der Waals surface area (Å²) < 4.78 is 5.17. The number of nitrogens with zero attached hydrogens (tertiary/aromatic N) is 3. The topological polar surface area (TPSA) is 89.3 Å². The van der Waals surface area contributed by atoms with E-state index in [1.807, 2.05) is 12.1 Å². The maximum atomic E-state index is 5.95. The van der Waals surface area contributed by atoms with Crippen LogP contribution in [0.1, 0.15) is 25.2 Å². The van der Waals surface area contributed by atoms with Crippen LogP contribution in [0.3, 0.4) is 0 Å². The number of rotatable bonds is 5. The third-order valence-corrected chi connectivity index (χ3v) is 3.97. The van der Waals surface area contributed by atoms with E-state index in [4.69, 9.17) is 21.9 Å². The number of hydrogen-bond acceptors (Lipinski definition) is 4. The second-order valence-corrected chi connectivity index (χ2v) is 5.84. The van der Waals surface area contributed by atoms with Crippen LogP contribution in [0.25, 0.3) is 11.4 Å². The van der Waals surface area contributed by atoms with Gasteiger partial charge in [0.2, 0.25) is 11.7 Å². The van der Waals surface area contributed by atoms with E-state index in [-0.39, 0.29) is 30.5 Å². The Bertz CT molecular complexity index is 671. The van der Waals surface area contributed by atoms with Crippen molar-refractivity contribution in [3.05, 3.63) is 35.2 Å². The fraction of sp³-hybridized carbons (Fsp3) is 0.400. The average molecular weight is 448 g/mol. The summed E-state index contributed by atoms with van der Waals surface area (Å²) in [5.74, 6) is 2.05. The minimum absolute atomic E-state index is 0. The van der Waals surface area contributed by atoms with E-state index in [1.54, 1.807) is 12.1 Å². The molecule has 6 nitrogen and oxygen atoms in total. The Morgan fingerprint density at radius 2 is 2.26 bits per heavy atom. The summed E-state index contributed by atoms with van der Waals surface area (Å²) in [5, 5.41) is 7.68. The van der Waals surface area contributed by atoms with Gasteiger partial charge in [0.25, 0.3) is 0 Å². The first-order valence-electron chi connectivity index (χ1n) is 7.33. The van der Waals surface area contributed by atoms with E-state index in [0.29, 0.717) is 22.7 Å². The van der Waals surface area contributed by atoms with Crippen molar-refractivity contribution in [3.8, 4) is 11.4 Å². The first kappa shape index (κ1) is 18.0. The summed E-state index contributed by atoms with van der Waals surface area (Å²) in [5.41, 5.74) is 6.63. The van der Waals surface area contributed by atoms with Crippen molar-refractivity contribution in [2.45, 2.75) is 25.8 Å². The van der Waals surface area contributed by atoms with Gasteiger partial charge >= 0.3 is 0 Å². The zero-order valence-corrected chi connectivity index (χ0v) is 15.6. The summed E-state index contributed by atoms with van der Waals surface area (Å²) in [4.78, 5) is 8.50. The molecule has 1 saturated carbocycles. The van der Waals surface area contributed by atoms with Crippen LogP contribution < -0.4 is 11.1 Å². The standard InChI is InChI=1S/C15H18ClN5O.HI/c16-12-6-2-5-11(7-12)14-20-13(22-21-14)9-19-15(17)18-8-10-3-1-4-10;/h2,5-7,10H,1,3-4,8-9H2,(H3,17,18,19);1H. The molecule has 0 radical (unpaired) electrons. The molecule has 1 aliphatic carbocycles. The van der Waals surface area contributed by atoms with Gasteiger partial charge in [0, 0.05) is 17.1 Å². The molecule has 8 heteroatoms. The fourth-order valence-corrected chi connectivity index (χ4v) is 2.41. The molecule has 0 amide bonds. The third-order valence-electron chi connectivity index (χ3n) is 3.73. The van der Waals surface area contributed by atoms with E-state index < -0.39 is 0 Å². The minimum Gasteiger partial charge on any atom is -0.370 e. The van der Waals surface area contributed by atoms with Crippen LogP contribution in [-0.2, 0) is 6.54 Å². The highest BCUT2D eigenvalue weighted by atomic mass is 127. The number of hydrogen-bond donors (Lipinski definition) is 2. The lowest BCUT2D eigenvalue weighted by molar-refractivity contribution is 0.315. The number of guanidine groups is 1. The first-order chi connectivity index (χ1) is 10.7. The Hall–Kier alpha value is -1.35. The molecule has 0 aliphatic heterocycles. The maximum Gasteiger partial charge on any atom is 0.248 e. The van der Waals surface area contributed by atoms with Crippen LogP contribution in [0.15, 0.2) is 33.8 Å². The van der Waals surface area contributed by atoms with E-state index in [9.17, 15) is 0 Å². The molecule has 3 N–H and O–H groups in total. The van der Waals surface area contributed by atoms with Crippen LogP contribution in [0.2, 0.25) is 5.02 Å². The summed E-state index contributed by atoms with van der Waals surface area (Å²) >= 11 is 5.95. The van der Waals surface area contributed by atoms with Gasteiger partial charge in [-0.15, -0.1) is 24.0 Å². The Morgan fingerprint density at radius 1 is 1.43 bits per heavy atom. The molecular formula is C15H19ClIN5O. The van der Waals surface area contributed by atoms with Crippen molar-refractivity contribution < 1.29 is 4.52 Å². The zero-order valence-electron chi connectivity index (χ0n) is 12.5. The van der Waals surface area contributed by atoms with Crippen molar-refractivity contribution in [1.82, 2.24) is 15.5 Å². The summed E-state index contributed by atoms with van der Waals surface area (Å²) in [7, 11) is 0. The molecule has 0 saturated heterocycles. The molecule has 1 fully saturated rings. The minimum atomic E-state index is 0. The van der Waals surface area contributed by atoms with Gasteiger partial charge in [0.1, 0.15) is 6.54 Å². The SMILES string of the molecule is I.NC(=NCc1nc(-c2cccc(Cl)c2)no1)NCC1CCC1. The molecule has 0 atom stereocenters. The number of nitrogens with two attached hydrogens (primary N) is 1. The Morgan fingerprint density at radius 3 is 2.96 bits per heavy atom. The van der Waals surface area contributed by atoms with Crippen LogP contribution in [0.5, 0.6) is 0 Å². The highest BCUT2D eigenvalue weighted by molar-refractivity contribution is 14.0. The number of nitrogens with one attached hydrogen (secondary N) is 1. The van der Waals surface area contributed by atoms with Gasteiger partial charge < -0.3 is 15.6 Å². The van der Waals surface area contributed by atoms with E-state index >= 15 is 0 Å². The van der Waals surface area contributed by atoms with Crippen LogP contribution in [0, 0.1) is 5.92 Å². The molecule has 124 valence electrons. The summed E-state index contributed by atoms with van der Waals surface area (Å²) in [6, 6.07) is 7.30. The molecule has 0 bridgehead atoms. The zero-order chi connectivity index (χ0) is 15.4. The van der Waals surface area contributed by atoms with Crippen molar-refractivity contribution in [3.63, 3.8) is 0 Å². The van der Waals surface area contributed by atoms with Gasteiger partial charge in [-0.3, -0.25) is 0 Å². The molecule has 1 aliphatic rings. The van der Waals surface area contributed by atoms with Crippen LogP contribution >= 0.6 is 35.6 Å². The van der Waals surface area contributed by atoms with E-state index in [0.717, 1.165) is 18.0 Å². The quantitative estimate of drug-likeness (QED) is 0.417. The van der Waals surface area contributed by atoms with Gasteiger partial charge in [-0.2, -0.15) is 4.98 Å². The van der Waals surface area contributed by atoms with Gasteiger partial charge in [-0.25, -0.2) is 4.99 Å². The number of aromatic nitrogens is 2. The molecule has 1 aromatic carbocycles. The van der Waals surface area contributed by atoms with Crippen LogP contribution in [0.4, 0.5) is 0 Å². The smallest absolute Gasteiger partial charge is 0.248 e. The van der Waals surface area contributed by atoms with Crippen molar-refractivity contribution in [2.24, 2.45) is 16.6 Å². The second kappa shape index (κ2) is 8.49. The van der Waals surface area contributed by atoms with Gasteiger partial charge in [-0.05, 0) is 30.9 Å². The predicted octanol–water partition coefficient (Wildman–Crippen LogP) is 3.21. The lowest BCUT2D eigenvalue weighted by Gasteiger charge is -2.25. The lowest BCUT2D eigenvalue weighted by Crippen LogP contribution is -2.37. The Labute approximate surface area is 156 Å². The molecular weight excluding hydrogens is 429 g/mol. The van der Waals surface area contributed by atoms with Gasteiger partial charge in [0.15, 0.2) is 5.96 Å². The largest absolute Gasteiger partial charge is 0.370 e. The average Bonchev–Trinajstić information content (AvgIpc) is 2.92.